The van der Waals surface area contributed by atoms with Crippen LogP contribution in [0.5, 0.6) is 0 Å². The molecular formula is C24H20ClN3O3. The normalized spacial score (nSPS) is 14.5. The Hall–Kier alpha value is -3.35. The minimum atomic E-state index is -0.730. The highest BCUT2D eigenvalue weighted by atomic mass is 35.5. The fourth-order valence-corrected chi connectivity index (χ4v) is 4.17. The molecule has 1 fully saturated rings. The van der Waals surface area contributed by atoms with Crippen molar-refractivity contribution in [3.8, 4) is 11.1 Å². The van der Waals surface area contributed by atoms with Gasteiger partial charge in [0.15, 0.2) is 11.4 Å². The molecule has 1 aliphatic heterocycles. The summed E-state index contributed by atoms with van der Waals surface area (Å²) in [7, 11) is 0. The van der Waals surface area contributed by atoms with Crippen LogP contribution in [0.3, 0.4) is 0 Å². The number of aliphatic carboxylic acids is 1. The van der Waals surface area contributed by atoms with E-state index in [1.807, 2.05) is 66.7 Å². The summed E-state index contributed by atoms with van der Waals surface area (Å²) in [5.41, 5.74) is 4.47. The van der Waals surface area contributed by atoms with Gasteiger partial charge in [-0.1, -0.05) is 65.3 Å². The van der Waals surface area contributed by atoms with Crippen LogP contribution in [0.1, 0.15) is 5.56 Å². The zero-order valence-corrected chi connectivity index (χ0v) is 17.3. The van der Waals surface area contributed by atoms with E-state index in [4.69, 9.17) is 21.2 Å². The fourth-order valence-electron chi connectivity index (χ4n) is 3.88. The first kappa shape index (κ1) is 19.6. The van der Waals surface area contributed by atoms with Gasteiger partial charge in [0.2, 0.25) is 0 Å². The Morgan fingerprint density at radius 2 is 1.94 bits per heavy atom. The van der Waals surface area contributed by atoms with Crippen LogP contribution in [0.15, 0.2) is 71.3 Å². The van der Waals surface area contributed by atoms with Gasteiger partial charge in [0.25, 0.3) is 0 Å². The summed E-state index contributed by atoms with van der Waals surface area (Å²) >= 11 is 6.70. The number of carboxylic acids is 1. The second kappa shape index (κ2) is 8.06. The number of hydrogen-bond acceptors (Lipinski definition) is 5. The van der Waals surface area contributed by atoms with Crippen LogP contribution in [0, 0.1) is 5.92 Å². The molecule has 1 saturated heterocycles. The maximum Gasteiger partial charge on any atom is 0.309 e. The van der Waals surface area contributed by atoms with E-state index in [0.29, 0.717) is 36.1 Å². The van der Waals surface area contributed by atoms with Gasteiger partial charge in [-0.15, -0.1) is 0 Å². The lowest BCUT2D eigenvalue weighted by Crippen LogP contribution is -2.49. The highest BCUT2D eigenvalue weighted by Gasteiger charge is 2.32. The monoisotopic (exact) mass is 433 g/mol. The molecule has 0 spiro atoms. The molecule has 7 heteroatoms. The number of benzene rings is 3. The van der Waals surface area contributed by atoms with Crippen LogP contribution >= 0.6 is 11.6 Å². The molecule has 0 radical (unpaired) electrons. The number of aromatic nitrogens is 1. The predicted molar refractivity (Wildman–Crippen MR) is 121 cm³/mol. The molecule has 6 nitrogen and oxygen atoms in total. The number of nitrogens with zero attached hydrogens (tertiary/aromatic N) is 2. The molecule has 31 heavy (non-hydrogen) atoms. The van der Waals surface area contributed by atoms with Crippen LogP contribution in [0.2, 0.25) is 5.02 Å². The third-order valence-corrected chi connectivity index (χ3v) is 5.99. The van der Waals surface area contributed by atoms with E-state index in [0.717, 1.165) is 27.8 Å². The lowest BCUT2D eigenvalue weighted by atomic mass is 9.99. The number of anilines is 2. The molecule has 0 atom stereocenters. The molecule has 0 unspecified atom stereocenters. The third kappa shape index (κ3) is 3.87. The van der Waals surface area contributed by atoms with E-state index < -0.39 is 5.97 Å². The Bertz CT molecular complexity index is 1250. The second-order valence-corrected chi connectivity index (χ2v) is 8.13. The number of likely N-dealkylation sites (tertiary alicyclic amines) is 1. The van der Waals surface area contributed by atoms with Crippen molar-refractivity contribution < 1.29 is 14.4 Å². The van der Waals surface area contributed by atoms with Gasteiger partial charge in [0.05, 0.1) is 22.0 Å². The van der Waals surface area contributed by atoms with Crippen molar-refractivity contribution in [1.29, 1.82) is 0 Å². The molecule has 1 aromatic heterocycles. The van der Waals surface area contributed by atoms with Crippen molar-refractivity contribution >= 4 is 40.0 Å². The number of fused-ring (bicyclic) bond motifs is 1. The predicted octanol–water partition coefficient (Wildman–Crippen LogP) is 5.41. The zero-order valence-electron chi connectivity index (χ0n) is 16.6. The Kier molecular flexibility index (Phi) is 5.10. The standard InChI is InChI=1S/C24H20ClN3O3/c25-22-18(16-5-2-1-3-6-16)7-4-8-20(22)26-23-19-11-15(9-10-21(19)31-27-23)12-28-13-17(14-28)24(29)30/h1-11,17H,12-14H2,(H,26,27)(H,29,30). The zero-order chi connectivity index (χ0) is 21.4. The second-order valence-electron chi connectivity index (χ2n) is 7.75. The summed E-state index contributed by atoms with van der Waals surface area (Å²) in [4.78, 5) is 13.1. The number of nitrogens with one attached hydrogen (secondary N) is 1. The molecule has 5 rings (SSSR count). The number of rotatable bonds is 6. The van der Waals surface area contributed by atoms with Crippen LogP contribution < -0.4 is 5.32 Å². The fraction of sp³-hybridized carbons (Fsp3) is 0.167. The molecule has 0 saturated carbocycles. The minimum Gasteiger partial charge on any atom is -0.481 e. The Morgan fingerprint density at radius 3 is 2.71 bits per heavy atom. The summed E-state index contributed by atoms with van der Waals surface area (Å²) < 4.78 is 5.48. The molecule has 0 amide bonds. The molecule has 1 aliphatic rings. The van der Waals surface area contributed by atoms with Gasteiger partial charge >= 0.3 is 5.97 Å². The molecular weight excluding hydrogens is 414 g/mol. The SMILES string of the molecule is O=C(O)C1CN(Cc2ccc3onc(Nc4cccc(-c5ccccc5)c4Cl)c3c2)C1. The summed E-state index contributed by atoms with van der Waals surface area (Å²) in [5.74, 6) is -0.404. The minimum absolute atomic E-state index is 0.268. The van der Waals surface area contributed by atoms with E-state index in [9.17, 15) is 4.79 Å². The Labute approximate surface area is 184 Å². The largest absolute Gasteiger partial charge is 0.481 e. The quantitative estimate of drug-likeness (QED) is 0.423. The van der Waals surface area contributed by atoms with Crippen LogP contribution in [-0.2, 0) is 11.3 Å². The summed E-state index contributed by atoms with van der Waals surface area (Å²) in [6.45, 7) is 1.84. The topological polar surface area (TPSA) is 78.6 Å². The summed E-state index contributed by atoms with van der Waals surface area (Å²) in [6.07, 6.45) is 0. The molecule has 0 aliphatic carbocycles. The summed E-state index contributed by atoms with van der Waals surface area (Å²) in [5, 5.41) is 18.0. The molecule has 156 valence electrons. The van der Waals surface area contributed by atoms with Gasteiger partial charge in [-0.3, -0.25) is 9.69 Å². The number of halogens is 1. The Balaban J connectivity index is 1.39. The summed E-state index contributed by atoms with van der Waals surface area (Å²) in [6, 6.07) is 21.7. The molecule has 0 bridgehead atoms. The van der Waals surface area contributed by atoms with Gasteiger partial charge in [0, 0.05) is 25.2 Å². The van der Waals surface area contributed by atoms with E-state index >= 15 is 0 Å². The molecule has 2 N–H and O–H groups in total. The van der Waals surface area contributed by atoms with Crippen molar-refractivity contribution in [2.75, 3.05) is 18.4 Å². The van der Waals surface area contributed by atoms with E-state index in [1.54, 1.807) is 0 Å². The van der Waals surface area contributed by atoms with Gasteiger partial charge in [-0.25, -0.2) is 0 Å². The molecule has 3 aromatic carbocycles. The highest BCUT2D eigenvalue weighted by Crippen LogP contribution is 2.36. The van der Waals surface area contributed by atoms with Crippen molar-refractivity contribution in [3.63, 3.8) is 0 Å². The first-order chi connectivity index (χ1) is 15.1. The van der Waals surface area contributed by atoms with E-state index in [2.05, 4.69) is 15.4 Å². The maximum atomic E-state index is 11.0. The number of carbonyl (C=O) groups is 1. The Morgan fingerprint density at radius 1 is 1.13 bits per heavy atom. The first-order valence-corrected chi connectivity index (χ1v) is 10.4. The first-order valence-electron chi connectivity index (χ1n) is 10.0. The van der Waals surface area contributed by atoms with Crippen LogP contribution in [-0.4, -0.2) is 34.2 Å². The number of carboxylic acid groups (broad SMARTS) is 1. The van der Waals surface area contributed by atoms with Gasteiger partial charge in [0.1, 0.15) is 0 Å². The van der Waals surface area contributed by atoms with Gasteiger partial charge in [-0.05, 0) is 29.3 Å². The average Bonchev–Trinajstić information content (AvgIpc) is 3.14. The average molecular weight is 434 g/mol. The highest BCUT2D eigenvalue weighted by molar-refractivity contribution is 6.36. The van der Waals surface area contributed by atoms with Gasteiger partial charge in [-0.2, -0.15) is 0 Å². The lowest BCUT2D eigenvalue weighted by Gasteiger charge is -2.36. The third-order valence-electron chi connectivity index (χ3n) is 5.58. The van der Waals surface area contributed by atoms with E-state index in [1.165, 1.54) is 0 Å². The molecule has 2 heterocycles. The smallest absolute Gasteiger partial charge is 0.309 e. The van der Waals surface area contributed by atoms with Crippen LogP contribution in [0.25, 0.3) is 22.1 Å². The molecule has 4 aromatic rings. The van der Waals surface area contributed by atoms with Crippen molar-refractivity contribution in [3.05, 3.63) is 77.3 Å². The number of hydrogen-bond donors (Lipinski definition) is 2. The van der Waals surface area contributed by atoms with Crippen molar-refractivity contribution in [2.24, 2.45) is 5.92 Å². The van der Waals surface area contributed by atoms with Crippen LogP contribution in [0.4, 0.5) is 11.5 Å². The maximum absolute atomic E-state index is 11.0. The lowest BCUT2D eigenvalue weighted by molar-refractivity contribution is -0.147. The van der Waals surface area contributed by atoms with E-state index in [-0.39, 0.29) is 5.92 Å². The van der Waals surface area contributed by atoms with Gasteiger partial charge < -0.3 is 14.9 Å². The van der Waals surface area contributed by atoms with Crippen molar-refractivity contribution in [2.45, 2.75) is 6.54 Å². The van der Waals surface area contributed by atoms with Crippen molar-refractivity contribution in [1.82, 2.24) is 10.1 Å².